The van der Waals surface area contributed by atoms with Gasteiger partial charge < -0.3 is 14.2 Å². The van der Waals surface area contributed by atoms with Crippen LogP contribution in [0.25, 0.3) is 11.0 Å². The zero-order valence-corrected chi connectivity index (χ0v) is 23.0. The number of ketones is 1. The summed E-state index contributed by atoms with van der Waals surface area (Å²) in [4.78, 5) is 44.1. The number of ether oxygens (including phenoxy) is 1. The van der Waals surface area contributed by atoms with Gasteiger partial charge in [0.1, 0.15) is 11.3 Å². The zero-order chi connectivity index (χ0) is 28.6. The molecule has 1 saturated heterocycles. The summed E-state index contributed by atoms with van der Waals surface area (Å²) in [5.41, 5.74) is -0.803. The molecular weight excluding hydrogens is 558 g/mol. The number of rotatable bonds is 6. The van der Waals surface area contributed by atoms with Crippen LogP contribution in [0, 0.1) is 12.8 Å². The van der Waals surface area contributed by atoms with Crippen LogP contribution in [0.3, 0.4) is 0 Å². The number of pyridine rings is 1. The molecule has 1 fully saturated rings. The minimum absolute atomic E-state index is 0.000567. The third-order valence-corrected chi connectivity index (χ3v) is 7.65. The van der Waals surface area contributed by atoms with Crippen LogP contribution in [0.15, 0.2) is 24.3 Å². The molecule has 39 heavy (non-hydrogen) atoms. The van der Waals surface area contributed by atoms with E-state index in [0.29, 0.717) is 49.9 Å². The number of fused-ring (bicyclic) bond motifs is 1. The Morgan fingerprint density at radius 1 is 1.13 bits per heavy atom. The van der Waals surface area contributed by atoms with Crippen LogP contribution in [0.1, 0.15) is 63.9 Å². The number of alkyl halides is 3. The van der Waals surface area contributed by atoms with Gasteiger partial charge in [0.15, 0.2) is 0 Å². The fourth-order valence-corrected chi connectivity index (χ4v) is 5.45. The number of carbonyl (C=O) groups excluding carboxylic acids is 3. The highest BCUT2D eigenvalue weighted by molar-refractivity contribution is 6.42. The average Bonchev–Trinajstić information content (AvgIpc) is 3.21. The number of amides is 1. The van der Waals surface area contributed by atoms with E-state index >= 15 is 0 Å². The van der Waals surface area contributed by atoms with Crippen molar-refractivity contribution in [3.8, 4) is 0 Å². The lowest BCUT2D eigenvalue weighted by atomic mass is 9.93. The molecular formula is C27H26Cl2F3N3O4. The van der Waals surface area contributed by atoms with Crippen LogP contribution in [0.4, 0.5) is 13.2 Å². The van der Waals surface area contributed by atoms with Gasteiger partial charge in [-0.3, -0.25) is 14.4 Å². The van der Waals surface area contributed by atoms with E-state index in [0.717, 1.165) is 6.07 Å². The van der Waals surface area contributed by atoms with Crippen LogP contribution < -0.4 is 0 Å². The van der Waals surface area contributed by atoms with E-state index in [-0.39, 0.29) is 50.3 Å². The lowest BCUT2D eigenvalue weighted by molar-refractivity contribution is -0.144. The number of hydrogen-bond donors (Lipinski definition) is 0. The van der Waals surface area contributed by atoms with Crippen LogP contribution in [-0.4, -0.2) is 51.8 Å². The van der Waals surface area contributed by atoms with Gasteiger partial charge in [0, 0.05) is 31.9 Å². The van der Waals surface area contributed by atoms with Gasteiger partial charge in [-0.05, 0) is 62.4 Å². The lowest BCUT2D eigenvalue weighted by Gasteiger charge is -2.32. The minimum Gasteiger partial charge on any atom is -0.466 e. The molecule has 0 unspecified atom stereocenters. The Kier molecular flexibility index (Phi) is 8.28. The van der Waals surface area contributed by atoms with E-state index in [2.05, 4.69) is 4.98 Å². The number of hydrogen-bond acceptors (Lipinski definition) is 5. The molecule has 0 bridgehead atoms. The number of carbonyl (C=O) groups is 3. The number of aromatic nitrogens is 2. The summed E-state index contributed by atoms with van der Waals surface area (Å²) >= 11 is 12.9. The molecule has 4 rings (SSSR count). The third-order valence-electron chi connectivity index (χ3n) is 6.94. The Morgan fingerprint density at radius 3 is 2.41 bits per heavy atom. The molecule has 3 heterocycles. The van der Waals surface area contributed by atoms with Crippen LogP contribution >= 0.6 is 23.2 Å². The number of esters is 1. The largest absolute Gasteiger partial charge is 0.466 e. The second-order valence-corrected chi connectivity index (χ2v) is 10.3. The molecule has 12 heteroatoms. The Balaban J connectivity index is 1.62. The maximum Gasteiger partial charge on any atom is 0.433 e. The maximum atomic E-state index is 13.6. The second kappa shape index (κ2) is 11.2. The highest BCUT2D eigenvalue weighted by Crippen LogP contribution is 2.35. The number of aryl methyl sites for hydroxylation is 2. The number of halogens is 5. The molecule has 208 valence electrons. The number of benzene rings is 1. The number of piperidine rings is 1. The lowest BCUT2D eigenvalue weighted by Crippen LogP contribution is -2.39. The first-order valence-corrected chi connectivity index (χ1v) is 13.1. The summed E-state index contributed by atoms with van der Waals surface area (Å²) in [6, 6.07) is 5.20. The van der Waals surface area contributed by atoms with E-state index in [1.807, 2.05) is 0 Å². The second-order valence-electron chi connectivity index (χ2n) is 9.51. The molecule has 3 aromatic rings. The summed E-state index contributed by atoms with van der Waals surface area (Å²) in [5, 5.41) is 0.233. The number of likely N-dealkylation sites (tertiary alicyclic amines) is 1. The van der Waals surface area contributed by atoms with Gasteiger partial charge in [-0.15, -0.1) is 0 Å². The Labute approximate surface area is 232 Å². The highest BCUT2D eigenvalue weighted by Gasteiger charge is 2.34. The first-order chi connectivity index (χ1) is 18.3. The van der Waals surface area contributed by atoms with E-state index in [1.165, 1.54) is 36.7 Å². The predicted octanol–water partition coefficient (Wildman–Crippen LogP) is 6.24. The molecule has 0 aliphatic carbocycles. The van der Waals surface area contributed by atoms with Crippen molar-refractivity contribution < 1.29 is 32.3 Å². The van der Waals surface area contributed by atoms with Gasteiger partial charge in [-0.1, -0.05) is 23.2 Å². The van der Waals surface area contributed by atoms with Crippen molar-refractivity contribution in [3.05, 3.63) is 62.4 Å². The summed E-state index contributed by atoms with van der Waals surface area (Å²) in [6.07, 6.45) is -3.13. The standard InChI is InChI=1S/C27H26Cl2F3N3O4/c1-4-39-21(36)12-15-7-9-35(10-8-15)26(38)16-5-6-18(28)22(23(16)29)24(37)19-13-17-14(2)11-20(27(30,31)32)33-25(17)34(19)3/h5-6,11,13,15H,4,7-10,12H2,1-3H3. The van der Waals surface area contributed by atoms with Crippen molar-refractivity contribution in [3.63, 3.8) is 0 Å². The van der Waals surface area contributed by atoms with Gasteiger partial charge >= 0.3 is 12.1 Å². The van der Waals surface area contributed by atoms with Crippen LogP contribution in [-0.2, 0) is 22.8 Å². The quantitative estimate of drug-likeness (QED) is 0.253. The first kappa shape index (κ1) is 28.9. The van der Waals surface area contributed by atoms with E-state index < -0.39 is 17.7 Å². The topological polar surface area (TPSA) is 81.5 Å². The van der Waals surface area contributed by atoms with E-state index in [9.17, 15) is 27.6 Å². The van der Waals surface area contributed by atoms with Gasteiger partial charge in [0.2, 0.25) is 5.78 Å². The molecule has 0 atom stereocenters. The Morgan fingerprint density at radius 2 is 1.79 bits per heavy atom. The zero-order valence-electron chi connectivity index (χ0n) is 21.5. The van der Waals surface area contributed by atoms with Gasteiger partial charge in [0.25, 0.3) is 5.91 Å². The van der Waals surface area contributed by atoms with Crippen LogP contribution in [0.5, 0.6) is 0 Å². The van der Waals surface area contributed by atoms with Crippen molar-refractivity contribution in [2.24, 2.45) is 13.0 Å². The highest BCUT2D eigenvalue weighted by atomic mass is 35.5. The van der Waals surface area contributed by atoms with Crippen molar-refractivity contribution in [1.82, 2.24) is 14.5 Å². The van der Waals surface area contributed by atoms with E-state index in [1.54, 1.807) is 11.8 Å². The third kappa shape index (κ3) is 5.77. The minimum atomic E-state index is -4.65. The smallest absolute Gasteiger partial charge is 0.433 e. The first-order valence-electron chi connectivity index (χ1n) is 12.3. The molecule has 1 aliphatic heterocycles. The molecule has 0 N–H and O–H groups in total. The fourth-order valence-electron chi connectivity index (χ4n) is 4.83. The Hall–Kier alpha value is -3.11. The monoisotopic (exact) mass is 583 g/mol. The summed E-state index contributed by atoms with van der Waals surface area (Å²) in [6.45, 7) is 4.37. The Bertz CT molecular complexity index is 1460. The number of nitrogens with zero attached hydrogens (tertiary/aromatic N) is 3. The SMILES string of the molecule is CCOC(=O)CC1CCN(C(=O)c2ccc(Cl)c(C(=O)c3cc4c(C)cc(C(F)(F)F)nc4n3C)c2Cl)CC1. The van der Waals surface area contributed by atoms with Gasteiger partial charge in [-0.2, -0.15) is 13.2 Å². The van der Waals surface area contributed by atoms with Crippen LogP contribution in [0.2, 0.25) is 10.0 Å². The van der Waals surface area contributed by atoms with Crippen molar-refractivity contribution in [2.45, 2.75) is 39.3 Å². The molecule has 0 spiro atoms. The molecule has 7 nitrogen and oxygen atoms in total. The predicted molar refractivity (Wildman–Crippen MR) is 140 cm³/mol. The summed E-state index contributed by atoms with van der Waals surface area (Å²) < 4.78 is 46.2. The average molecular weight is 584 g/mol. The molecule has 1 aromatic carbocycles. The normalized spacial score (nSPS) is 14.6. The summed E-state index contributed by atoms with van der Waals surface area (Å²) in [7, 11) is 1.43. The van der Waals surface area contributed by atoms with Crippen molar-refractivity contribution in [1.29, 1.82) is 0 Å². The molecule has 1 amide bonds. The summed E-state index contributed by atoms with van der Waals surface area (Å²) in [5.74, 6) is -1.20. The van der Waals surface area contributed by atoms with Crippen molar-refractivity contribution >= 4 is 51.9 Å². The molecule has 0 saturated carbocycles. The van der Waals surface area contributed by atoms with Gasteiger partial charge in [-0.25, -0.2) is 4.98 Å². The molecule has 0 radical (unpaired) electrons. The van der Waals surface area contributed by atoms with Crippen molar-refractivity contribution in [2.75, 3.05) is 19.7 Å². The molecule has 2 aromatic heterocycles. The maximum absolute atomic E-state index is 13.6. The van der Waals surface area contributed by atoms with E-state index in [4.69, 9.17) is 27.9 Å². The fraction of sp³-hybridized carbons (Fsp3) is 0.407. The van der Waals surface area contributed by atoms with Gasteiger partial charge in [0.05, 0.1) is 33.5 Å². The molecule has 1 aliphatic rings.